The molecule has 1 aromatic rings. The van der Waals surface area contributed by atoms with Crippen molar-refractivity contribution in [3.8, 4) is 0 Å². The minimum atomic E-state index is -0.146. The van der Waals surface area contributed by atoms with Crippen molar-refractivity contribution in [3.05, 3.63) is 11.8 Å². The van der Waals surface area contributed by atoms with Crippen molar-refractivity contribution in [2.45, 2.75) is 45.6 Å². The van der Waals surface area contributed by atoms with Crippen LogP contribution in [0.4, 0.5) is 10.6 Å². The first-order chi connectivity index (χ1) is 8.56. The first-order valence-electron chi connectivity index (χ1n) is 6.64. The molecule has 2 rings (SSSR count). The normalized spacial score (nSPS) is 23.7. The predicted octanol–water partition coefficient (Wildman–Crippen LogP) is 2.43. The topological polar surface area (TPSA) is 59.0 Å². The van der Waals surface area contributed by atoms with Gasteiger partial charge in [0.05, 0.1) is 0 Å². The van der Waals surface area contributed by atoms with E-state index < -0.39 is 0 Å². The number of aromatic nitrogens is 2. The number of rotatable bonds is 2. The smallest absolute Gasteiger partial charge is 0.320 e. The molecule has 0 radical (unpaired) electrons. The lowest BCUT2D eigenvalue weighted by Crippen LogP contribution is -2.43. The SMILES string of the molecule is Cc1cc(NC(=O)NC2CCCCC2C)nn1C. The molecular weight excluding hydrogens is 228 g/mol. The van der Waals surface area contributed by atoms with E-state index in [2.05, 4.69) is 22.7 Å². The maximum absolute atomic E-state index is 11.9. The highest BCUT2D eigenvalue weighted by Crippen LogP contribution is 2.23. The maximum atomic E-state index is 11.9. The van der Waals surface area contributed by atoms with Crippen molar-refractivity contribution in [1.82, 2.24) is 15.1 Å². The Morgan fingerprint density at radius 2 is 2.17 bits per heavy atom. The Balaban J connectivity index is 1.88. The fourth-order valence-electron chi connectivity index (χ4n) is 2.47. The summed E-state index contributed by atoms with van der Waals surface area (Å²) in [4.78, 5) is 11.9. The minimum absolute atomic E-state index is 0.146. The van der Waals surface area contributed by atoms with Crippen LogP contribution in [0, 0.1) is 12.8 Å². The van der Waals surface area contributed by atoms with Gasteiger partial charge >= 0.3 is 6.03 Å². The van der Waals surface area contributed by atoms with Crippen LogP contribution in [-0.2, 0) is 7.05 Å². The largest absolute Gasteiger partial charge is 0.335 e. The van der Waals surface area contributed by atoms with Crippen molar-refractivity contribution >= 4 is 11.8 Å². The molecular formula is C13H22N4O. The molecule has 2 atom stereocenters. The van der Waals surface area contributed by atoms with Crippen LogP contribution in [0.5, 0.6) is 0 Å². The van der Waals surface area contributed by atoms with Crippen LogP contribution in [-0.4, -0.2) is 21.9 Å². The first-order valence-corrected chi connectivity index (χ1v) is 6.64. The second-order valence-corrected chi connectivity index (χ2v) is 5.26. The van der Waals surface area contributed by atoms with Gasteiger partial charge < -0.3 is 5.32 Å². The van der Waals surface area contributed by atoms with E-state index in [9.17, 15) is 4.79 Å². The summed E-state index contributed by atoms with van der Waals surface area (Å²) in [6.07, 6.45) is 4.77. The van der Waals surface area contributed by atoms with E-state index in [1.165, 1.54) is 19.3 Å². The molecule has 0 bridgehead atoms. The van der Waals surface area contributed by atoms with Crippen LogP contribution in [0.25, 0.3) is 0 Å². The number of hydrogen-bond donors (Lipinski definition) is 2. The molecule has 1 aromatic heterocycles. The second-order valence-electron chi connectivity index (χ2n) is 5.26. The van der Waals surface area contributed by atoms with Gasteiger partial charge in [0.1, 0.15) is 0 Å². The molecule has 1 aliphatic rings. The van der Waals surface area contributed by atoms with E-state index in [1.54, 1.807) is 4.68 Å². The van der Waals surface area contributed by atoms with E-state index in [0.29, 0.717) is 17.8 Å². The van der Waals surface area contributed by atoms with Crippen molar-refractivity contribution in [2.75, 3.05) is 5.32 Å². The molecule has 2 amide bonds. The number of nitrogens with one attached hydrogen (secondary N) is 2. The van der Waals surface area contributed by atoms with Crippen LogP contribution in [0.3, 0.4) is 0 Å². The van der Waals surface area contributed by atoms with Crippen molar-refractivity contribution in [2.24, 2.45) is 13.0 Å². The fraction of sp³-hybridized carbons (Fsp3) is 0.692. The molecule has 0 saturated heterocycles. The summed E-state index contributed by atoms with van der Waals surface area (Å²) in [5, 5.41) is 10.0. The Kier molecular flexibility index (Phi) is 3.89. The Hall–Kier alpha value is -1.52. The van der Waals surface area contributed by atoms with Gasteiger partial charge in [0, 0.05) is 24.8 Å². The summed E-state index contributed by atoms with van der Waals surface area (Å²) in [5.41, 5.74) is 1.02. The standard InChI is InChI=1S/C13H22N4O/c1-9-6-4-5-7-11(9)14-13(18)15-12-8-10(2)17(3)16-12/h8-9,11H,4-7H2,1-3H3,(H2,14,15,16,18). The lowest BCUT2D eigenvalue weighted by molar-refractivity contribution is 0.232. The molecule has 18 heavy (non-hydrogen) atoms. The summed E-state index contributed by atoms with van der Waals surface area (Å²) >= 11 is 0. The molecule has 100 valence electrons. The van der Waals surface area contributed by atoms with Gasteiger partial charge in [-0.05, 0) is 25.7 Å². The van der Waals surface area contributed by atoms with Crippen LogP contribution in [0.1, 0.15) is 38.3 Å². The number of nitrogens with zero attached hydrogens (tertiary/aromatic N) is 2. The Labute approximate surface area is 108 Å². The number of urea groups is 1. The Morgan fingerprint density at radius 3 is 2.78 bits per heavy atom. The number of carbonyl (C=O) groups excluding carboxylic acids is 1. The lowest BCUT2D eigenvalue weighted by Gasteiger charge is -2.29. The summed E-state index contributed by atoms with van der Waals surface area (Å²) in [6.45, 7) is 4.16. The molecule has 0 aliphatic heterocycles. The molecule has 0 spiro atoms. The van der Waals surface area contributed by atoms with Gasteiger partial charge in [-0.1, -0.05) is 19.8 Å². The van der Waals surface area contributed by atoms with Crippen LogP contribution < -0.4 is 10.6 Å². The summed E-state index contributed by atoms with van der Waals surface area (Å²) < 4.78 is 1.75. The average molecular weight is 250 g/mol. The van der Waals surface area contributed by atoms with E-state index in [-0.39, 0.29) is 6.03 Å². The summed E-state index contributed by atoms with van der Waals surface area (Å²) in [7, 11) is 1.86. The molecule has 1 aliphatic carbocycles. The molecule has 0 aromatic carbocycles. The zero-order valence-electron chi connectivity index (χ0n) is 11.4. The van der Waals surface area contributed by atoms with Gasteiger partial charge in [0.2, 0.25) is 0 Å². The third-order valence-electron chi connectivity index (χ3n) is 3.78. The molecule has 1 saturated carbocycles. The highest BCUT2D eigenvalue weighted by atomic mass is 16.2. The summed E-state index contributed by atoms with van der Waals surface area (Å²) in [5.74, 6) is 1.17. The van der Waals surface area contributed by atoms with Gasteiger partial charge in [-0.2, -0.15) is 5.10 Å². The Morgan fingerprint density at radius 1 is 1.44 bits per heavy atom. The van der Waals surface area contributed by atoms with Gasteiger partial charge in [-0.25, -0.2) is 4.79 Å². The lowest BCUT2D eigenvalue weighted by atomic mass is 9.86. The molecule has 1 heterocycles. The molecule has 1 fully saturated rings. The second kappa shape index (κ2) is 5.42. The van der Waals surface area contributed by atoms with Crippen LogP contribution >= 0.6 is 0 Å². The van der Waals surface area contributed by atoms with E-state index in [1.807, 2.05) is 20.0 Å². The first kappa shape index (κ1) is 12.9. The van der Waals surface area contributed by atoms with Gasteiger partial charge in [0.25, 0.3) is 0 Å². The fourth-order valence-corrected chi connectivity index (χ4v) is 2.47. The number of hydrogen-bond acceptors (Lipinski definition) is 2. The molecule has 2 unspecified atom stereocenters. The predicted molar refractivity (Wildman–Crippen MR) is 71.5 cm³/mol. The maximum Gasteiger partial charge on any atom is 0.320 e. The van der Waals surface area contributed by atoms with Crippen LogP contribution in [0.2, 0.25) is 0 Å². The zero-order chi connectivity index (χ0) is 13.1. The van der Waals surface area contributed by atoms with Crippen LogP contribution in [0.15, 0.2) is 6.07 Å². The monoisotopic (exact) mass is 250 g/mol. The third-order valence-corrected chi connectivity index (χ3v) is 3.78. The van der Waals surface area contributed by atoms with Gasteiger partial charge in [-0.3, -0.25) is 10.00 Å². The third kappa shape index (κ3) is 3.03. The van der Waals surface area contributed by atoms with Crippen molar-refractivity contribution in [1.29, 1.82) is 0 Å². The Bertz CT molecular complexity index is 407. The van der Waals surface area contributed by atoms with Crippen molar-refractivity contribution in [3.63, 3.8) is 0 Å². The molecule has 2 N–H and O–H groups in total. The number of aryl methyl sites for hydroxylation is 2. The zero-order valence-corrected chi connectivity index (χ0v) is 11.4. The molecule has 5 nitrogen and oxygen atoms in total. The van der Waals surface area contributed by atoms with E-state index >= 15 is 0 Å². The quantitative estimate of drug-likeness (QED) is 0.847. The van der Waals surface area contributed by atoms with Gasteiger partial charge in [-0.15, -0.1) is 0 Å². The van der Waals surface area contributed by atoms with E-state index in [0.717, 1.165) is 12.1 Å². The summed E-state index contributed by atoms with van der Waals surface area (Å²) in [6, 6.07) is 2.01. The highest BCUT2D eigenvalue weighted by molar-refractivity contribution is 5.88. The number of anilines is 1. The van der Waals surface area contributed by atoms with Crippen molar-refractivity contribution < 1.29 is 4.79 Å². The highest BCUT2D eigenvalue weighted by Gasteiger charge is 2.22. The van der Waals surface area contributed by atoms with E-state index in [4.69, 9.17) is 0 Å². The minimum Gasteiger partial charge on any atom is -0.335 e. The van der Waals surface area contributed by atoms with Gasteiger partial charge in [0.15, 0.2) is 5.82 Å². The number of carbonyl (C=O) groups is 1. The molecule has 5 heteroatoms. The number of amides is 2. The average Bonchev–Trinajstić information content (AvgIpc) is 2.61.